The Bertz CT molecular complexity index is 552. The van der Waals surface area contributed by atoms with Gasteiger partial charge in [0.1, 0.15) is 6.61 Å². The minimum atomic E-state index is 0.493. The summed E-state index contributed by atoms with van der Waals surface area (Å²) in [4.78, 5) is 6.74. The van der Waals surface area contributed by atoms with Crippen LogP contribution in [0.25, 0.3) is 10.8 Å². The Hall–Kier alpha value is -1.65. The Labute approximate surface area is 120 Å². The zero-order valence-corrected chi connectivity index (χ0v) is 12.3. The van der Waals surface area contributed by atoms with Crippen LogP contribution in [0.3, 0.4) is 0 Å². The van der Waals surface area contributed by atoms with Crippen molar-refractivity contribution in [1.82, 2.24) is 9.88 Å². The molecule has 1 aromatic heterocycles. The first-order valence-electron chi connectivity index (χ1n) is 7.22. The number of ether oxygens (including phenoxy) is 1. The summed E-state index contributed by atoms with van der Waals surface area (Å²) in [6.45, 7) is 8.47. The Morgan fingerprint density at radius 1 is 1.15 bits per heavy atom. The molecule has 0 bridgehead atoms. The summed E-state index contributed by atoms with van der Waals surface area (Å²) in [6, 6.07) is 8.12. The molecule has 0 atom stereocenters. The molecule has 0 radical (unpaired) electrons. The molecule has 108 valence electrons. The van der Waals surface area contributed by atoms with E-state index in [0.717, 1.165) is 36.0 Å². The monoisotopic (exact) mass is 273 g/mol. The van der Waals surface area contributed by atoms with Gasteiger partial charge in [-0.2, -0.15) is 0 Å². The lowest BCUT2D eigenvalue weighted by Gasteiger charge is -2.18. The first-order valence-corrected chi connectivity index (χ1v) is 7.22. The van der Waals surface area contributed by atoms with Crippen molar-refractivity contribution in [2.75, 3.05) is 26.2 Å². The van der Waals surface area contributed by atoms with E-state index >= 15 is 0 Å². The molecule has 0 fully saturated rings. The quantitative estimate of drug-likeness (QED) is 0.841. The van der Waals surface area contributed by atoms with E-state index in [4.69, 9.17) is 10.5 Å². The van der Waals surface area contributed by atoms with Crippen molar-refractivity contribution < 1.29 is 4.74 Å². The summed E-state index contributed by atoms with van der Waals surface area (Å²) in [7, 11) is 0. The van der Waals surface area contributed by atoms with E-state index in [2.05, 4.69) is 29.8 Å². The second-order valence-corrected chi connectivity index (χ2v) is 4.71. The number of nitrogens with zero attached hydrogens (tertiary/aromatic N) is 2. The Morgan fingerprint density at radius 2 is 1.85 bits per heavy atom. The smallest absolute Gasteiger partial charge is 0.221 e. The number of hydrogen-bond acceptors (Lipinski definition) is 4. The number of benzene rings is 1. The lowest BCUT2D eigenvalue weighted by molar-refractivity contribution is 0.219. The van der Waals surface area contributed by atoms with Crippen LogP contribution in [0.2, 0.25) is 0 Å². The molecule has 4 nitrogen and oxygen atoms in total. The Balaban J connectivity index is 2.15. The van der Waals surface area contributed by atoms with E-state index in [-0.39, 0.29) is 0 Å². The van der Waals surface area contributed by atoms with Crippen LogP contribution in [-0.4, -0.2) is 36.1 Å². The van der Waals surface area contributed by atoms with Gasteiger partial charge in [-0.05, 0) is 30.1 Å². The topological polar surface area (TPSA) is 51.4 Å². The molecule has 1 heterocycles. The highest BCUT2D eigenvalue weighted by molar-refractivity contribution is 5.89. The van der Waals surface area contributed by atoms with Crippen molar-refractivity contribution in [3.8, 4) is 5.88 Å². The SMILES string of the molecule is CCN(CC)CCOc1ncc(CN)c2ccccc12. The molecule has 0 aliphatic carbocycles. The van der Waals surface area contributed by atoms with E-state index in [1.807, 2.05) is 24.4 Å². The molecule has 2 rings (SSSR count). The van der Waals surface area contributed by atoms with Gasteiger partial charge in [0.2, 0.25) is 5.88 Å². The van der Waals surface area contributed by atoms with Crippen LogP contribution in [0.1, 0.15) is 19.4 Å². The highest BCUT2D eigenvalue weighted by atomic mass is 16.5. The summed E-state index contributed by atoms with van der Waals surface area (Å²) < 4.78 is 5.86. The van der Waals surface area contributed by atoms with E-state index in [1.54, 1.807) is 0 Å². The molecule has 0 aliphatic heterocycles. The lowest BCUT2D eigenvalue weighted by atomic mass is 10.1. The van der Waals surface area contributed by atoms with Gasteiger partial charge >= 0.3 is 0 Å². The fourth-order valence-electron chi connectivity index (χ4n) is 2.31. The number of rotatable bonds is 7. The number of likely N-dealkylation sites (N-methyl/N-ethyl adjacent to an activating group) is 1. The third-order valence-corrected chi connectivity index (χ3v) is 3.60. The minimum Gasteiger partial charge on any atom is -0.476 e. The largest absolute Gasteiger partial charge is 0.476 e. The fourth-order valence-corrected chi connectivity index (χ4v) is 2.31. The van der Waals surface area contributed by atoms with E-state index in [0.29, 0.717) is 19.0 Å². The van der Waals surface area contributed by atoms with Crippen molar-refractivity contribution in [3.05, 3.63) is 36.0 Å². The standard InChI is InChI=1S/C16H23N3O/c1-3-19(4-2)9-10-20-16-15-8-6-5-7-14(15)13(11-17)12-18-16/h5-8,12H,3-4,9-11,17H2,1-2H3. The van der Waals surface area contributed by atoms with Crippen molar-refractivity contribution in [3.63, 3.8) is 0 Å². The van der Waals surface area contributed by atoms with Crippen LogP contribution >= 0.6 is 0 Å². The molecule has 0 amide bonds. The van der Waals surface area contributed by atoms with Gasteiger partial charge in [-0.3, -0.25) is 0 Å². The highest BCUT2D eigenvalue weighted by Gasteiger charge is 2.07. The zero-order chi connectivity index (χ0) is 14.4. The molecule has 2 N–H and O–H groups in total. The first kappa shape index (κ1) is 14.8. The van der Waals surface area contributed by atoms with Gasteiger partial charge in [0.25, 0.3) is 0 Å². The third-order valence-electron chi connectivity index (χ3n) is 3.60. The van der Waals surface area contributed by atoms with E-state index in [1.165, 1.54) is 0 Å². The number of hydrogen-bond donors (Lipinski definition) is 1. The second kappa shape index (κ2) is 7.22. The van der Waals surface area contributed by atoms with Crippen LogP contribution in [0.5, 0.6) is 5.88 Å². The summed E-state index contributed by atoms with van der Waals surface area (Å²) in [5.74, 6) is 0.699. The second-order valence-electron chi connectivity index (χ2n) is 4.71. The first-order chi connectivity index (χ1) is 9.80. The lowest BCUT2D eigenvalue weighted by Crippen LogP contribution is -2.28. The predicted octanol–water partition coefficient (Wildman–Crippen LogP) is 2.41. The van der Waals surface area contributed by atoms with Gasteiger partial charge in [0, 0.05) is 24.7 Å². The summed E-state index contributed by atoms with van der Waals surface area (Å²) in [5, 5.41) is 2.16. The number of pyridine rings is 1. The average molecular weight is 273 g/mol. The van der Waals surface area contributed by atoms with Crippen LogP contribution in [0.15, 0.2) is 30.5 Å². The van der Waals surface area contributed by atoms with Crippen molar-refractivity contribution in [2.45, 2.75) is 20.4 Å². The molecule has 0 unspecified atom stereocenters. The van der Waals surface area contributed by atoms with Crippen molar-refractivity contribution in [1.29, 1.82) is 0 Å². The van der Waals surface area contributed by atoms with Crippen LogP contribution in [0.4, 0.5) is 0 Å². The third kappa shape index (κ3) is 3.26. The summed E-state index contributed by atoms with van der Waals surface area (Å²) >= 11 is 0. The Morgan fingerprint density at radius 3 is 2.50 bits per heavy atom. The molecule has 0 aliphatic rings. The minimum absolute atomic E-state index is 0.493. The molecular formula is C16H23N3O. The Kier molecular flexibility index (Phi) is 5.32. The maximum Gasteiger partial charge on any atom is 0.221 e. The molecule has 20 heavy (non-hydrogen) atoms. The van der Waals surface area contributed by atoms with E-state index in [9.17, 15) is 0 Å². The molecule has 4 heteroatoms. The summed E-state index contributed by atoms with van der Waals surface area (Å²) in [6.07, 6.45) is 1.81. The fraction of sp³-hybridized carbons (Fsp3) is 0.438. The van der Waals surface area contributed by atoms with Crippen LogP contribution in [0, 0.1) is 0 Å². The highest BCUT2D eigenvalue weighted by Crippen LogP contribution is 2.25. The van der Waals surface area contributed by atoms with Gasteiger partial charge in [-0.25, -0.2) is 4.98 Å². The maximum absolute atomic E-state index is 5.86. The van der Waals surface area contributed by atoms with Crippen LogP contribution < -0.4 is 10.5 Å². The van der Waals surface area contributed by atoms with Gasteiger partial charge < -0.3 is 15.4 Å². The molecule has 0 saturated heterocycles. The number of nitrogens with two attached hydrogens (primary N) is 1. The summed E-state index contributed by atoms with van der Waals surface area (Å²) in [5.41, 5.74) is 6.81. The van der Waals surface area contributed by atoms with Gasteiger partial charge in [0.05, 0.1) is 0 Å². The van der Waals surface area contributed by atoms with Gasteiger partial charge in [-0.1, -0.05) is 32.0 Å². The maximum atomic E-state index is 5.86. The van der Waals surface area contributed by atoms with Crippen molar-refractivity contribution >= 4 is 10.8 Å². The van der Waals surface area contributed by atoms with Crippen molar-refractivity contribution in [2.24, 2.45) is 5.73 Å². The molecule has 1 aromatic carbocycles. The molecular weight excluding hydrogens is 250 g/mol. The van der Waals surface area contributed by atoms with Gasteiger partial charge in [0.15, 0.2) is 0 Å². The van der Waals surface area contributed by atoms with Crippen LogP contribution in [-0.2, 0) is 6.54 Å². The normalized spacial score (nSPS) is 11.2. The zero-order valence-electron chi connectivity index (χ0n) is 12.3. The van der Waals surface area contributed by atoms with E-state index < -0.39 is 0 Å². The number of aromatic nitrogens is 1. The molecule has 0 saturated carbocycles. The van der Waals surface area contributed by atoms with Gasteiger partial charge in [-0.15, -0.1) is 0 Å². The molecule has 0 spiro atoms. The number of fused-ring (bicyclic) bond motifs is 1. The average Bonchev–Trinajstić information content (AvgIpc) is 2.51. The predicted molar refractivity (Wildman–Crippen MR) is 82.9 cm³/mol. The molecule has 2 aromatic rings.